The van der Waals surface area contributed by atoms with Crippen molar-refractivity contribution in [3.63, 3.8) is 0 Å². The molecule has 0 unspecified atom stereocenters. The Morgan fingerprint density at radius 2 is 1.71 bits per heavy atom. The van der Waals surface area contributed by atoms with Gasteiger partial charge in [-0.15, -0.1) is 0 Å². The summed E-state index contributed by atoms with van der Waals surface area (Å²) in [5.41, 5.74) is 1.43. The van der Waals surface area contributed by atoms with E-state index >= 15 is 0 Å². The molecule has 1 nitrogen and oxygen atoms in total. The minimum atomic E-state index is -3.67. The summed E-state index contributed by atoms with van der Waals surface area (Å²) in [6, 6.07) is 0. The van der Waals surface area contributed by atoms with Crippen LogP contribution in [0.15, 0.2) is 11.6 Å². The van der Waals surface area contributed by atoms with Crippen LogP contribution in [0.1, 0.15) is 33.6 Å². The third kappa shape index (κ3) is 6.75. The quantitative estimate of drug-likeness (QED) is 0.556. The maximum Gasteiger partial charge on any atom is 0.762 e. The molecular weight excluding hydrogens is 192 g/mol. The molecule has 0 aliphatic heterocycles. The number of carbonyl (C=O) groups excluding carboxylic acids is 1. The monoisotopic (exact) mass is 206 g/mol. The smallest absolute Gasteiger partial charge is 0.295 e. The Balaban J connectivity index is 0.000000364. The van der Waals surface area contributed by atoms with Gasteiger partial charge >= 0.3 is 7.54 Å². The molecule has 0 spiro atoms. The summed E-state index contributed by atoms with van der Waals surface area (Å²) in [6.45, 7) is 6.31. The van der Waals surface area contributed by atoms with Gasteiger partial charge in [0.05, 0.1) is 0 Å². The minimum Gasteiger partial charge on any atom is -0.295 e. The fraction of sp³-hybridized carbons (Fsp3) is 0.667. The first-order chi connectivity index (χ1) is 6.23. The fourth-order valence-electron chi connectivity index (χ4n) is 1.67. The van der Waals surface area contributed by atoms with E-state index in [1.807, 2.05) is 6.92 Å². The van der Waals surface area contributed by atoms with E-state index in [9.17, 15) is 17.7 Å². The molecule has 0 aromatic carbocycles. The van der Waals surface area contributed by atoms with Gasteiger partial charge in [0, 0.05) is 6.42 Å². The molecule has 5 heteroatoms. The summed E-state index contributed by atoms with van der Waals surface area (Å²) in [5.74, 6) is 0.286. The highest BCUT2D eigenvalue weighted by molar-refractivity contribution is 6.33. The van der Waals surface area contributed by atoms with Crippen LogP contribution in [-0.4, -0.2) is 13.3 Å². The molecule has 0 saturated carbocycles. The van der Waals surface area contributed by atoms with Crippen molar-refractivity contribution in [1.29, 1.82) is 0 Å². The van der Waals surface area contributed by atoms with Crippen LogP contribution in [0, 0.1) is 5.41 Å². The van der Waals surface area contributed by atoms with Crippen molar-refractivity contribution < 1.29 is 17.7 Å². The van der Waals surface area contributed by atoms with E-state index in [0.717, 1.165) is 6.42 Å². The van der Waals surface area contributed by atoms with Gasteiger partial charge in [0.1, 0.15) is 0 Å². The van der Waals surface area contributed by atoms with E-state index in [0.29, 0.717) is 6.42 Å². The van der Waals surface area contributed by atoms with E-state index in [-0.39, 0.29) is 11.2 Å². The summed E-state index contributed by atoms with van der Waals surface area (Å²) in [5, 5.41) is 0. The van der Waals surface area contributed by atoms with Gasteiger partial charge < -0.3 is 0 Å². The van der Waals surface area contributed by atoms with Gasteiger partial charge in [0.2, 0.25) is 0 Å². The standard InChI is InChI=1S/C9H14O.BF3/c1-7-4-8(10)6-9(2,3)5-7;2-1(3)4/h4H,5-6H2,1-3H3;. The van der Waals surface area contributed by atoms with Gasteiger partial charge in [-0.3, -0.25) is 17.7 Å². The number of ketones is 1. The summed E-state index contributed by atoms with van der Waals surface area (Å²) in [4.78, 5) is 11.0. The molecule has 0 saturated heterocycles. The SMILES string of the molecule is CC1=CC(=O)CC(C)(C)C1.FB(F)F. The van der Waals surface area contributed by atoms with Gasteiger partial charge in [-0.2, -0.15) is 0 Å². The zero-order chi connectivity index (χ0) is 11.4. The van der Waals surface area contributed by atoms with Gasteiger partial charge in [0.15, 0.2) is 5.78 Å². The molecule has 0 heterocycles. The van der Waals surface area contributed by atoms with Crippen molar-refractivity contribution in [2.45, 2.75) is 33.6 Å². The van der Waals surface area contributed by atoms with Crippen LogP contribution in [0.3, 0.4) is 0 Å². The maximum absolute atomic E-state index is 11.0. The fourth-order valence-corrected chi connectivity index (χ4v) is 1.67. The van der Waals surface area contributed by atoms with Crippen LogP contribution in [-0.2, 0) is 4.79 Å². The summed E-state index contributed by atoms with van der Waals surface area (Å²) in [6.07, 6.45) is 3.55. The number of carbonyl (C=O) groups is 1. The number of rotatable bonds is 0. The van der Waals surface area contributed by atoms with Crippen molar-refractivity contribution in [2.75, 3.05) is 0 Å². The third-order valence-corrected chi connectivity index (χ3v) is 1.82. The lowest BCUT2D eigenvalue weighted by Crippen LogP contribution is -2.20. The molecule has 0 amide bonds. The zero-order valence-electron chi connectivity index (χ0n) is 8.61. The summed E-state index contributed by atoms with van der Waals surface area (Å²) < 4.78 is 29.0. The molecule has 1 aliphatic carbocycles. The molecule has 0 N–H and O–H groups in total. The highest BCUT2D eigenvalue weighted by atomic mass is 19.4. The summed E-state index contributed by atoms with van der Waals surface area (Å²) >= 11 is 0. The topological polar surface area (TPSA) is 17.1 Å². The molecule has 0 aromatic rings. The predicted octanol–water partition coefficient (Wildman–Crippen LogP) is 3.20. The van der Waals surface area contributed by atoms with Gasteiger partial charge in [-0.25, -0.2) is 0 Å². The molecule has 80 valence electrons. The molecule has 0 aromatic heterocycles. The van der Waals surface area contributed by atoms with E-state index in [1.54, 1.807) is 6.08 Å². The van der Waals surface area contributed by atoms with Crippen LogP contribution >= 0.6 is 0 Å². The second kappa shape index (κ2) is 5.22. The summed E-state index contributed by atoms with van der Waals surface area (Å²) in [7, 11) is -3.67. The molecular formula is C9H14BF3O. The van der Waals surface area contributed by atoms with Crippen LogP contribution in [0.5, 0.6) is 0 Å². The molecule has 14 heavy (non-hydrogen) atoms. The van der Waals surface area contributed by atoms with Crippen LogP contribution in [0.2, 0.25) is 0 Å². The number of hydrogen-bond acceptors (Lipinski definition) is 1. The first kappa shape index (κ1) is 13.3. The second-order valence-electron chi connectivity index (χ2n) is 4.22. The van der Waals surface area contributed by atoms with E-state index in [1.165, 1.54) is 5.57 Å². The van der Waals surface area contributed by atoms with Crippen LogP contribution < -0.4 is 0 Å². The van der Waals surface area contributed by atoms with Crippen molar-refractivity contribution in [3.8, 4) is 0 Å². The predicted molar refractivity (Wildman–Crippen MR) is 50.9 cm³/mol. The zero-order valence-corrected chi connectivity index (χ0v) is 8.61. The van der Waals surface area contributed by atoms with Crippen molar-refractivity contribution in [1.82, 2.24) is 0 Å². The maximum atomic E-state index is 11.0. The highest BCUT2D eigenvalue weighted by Gasteiger charge is 2.25. The van der Waals surface area contributed by atoms with Gasteiger partial charge in [-0.05, 0) is 24.8 Å². The first-order valence-corrected chi connectivity index (χ1v) is 4.35. The van der Waals surface area contributed by atoms with E-state index < -0.39 is 7.54 Å². The van der Waals surface area contributed by atoms with Crippen molar-refractivity contribution in [3.05, 3.63) is 11.6 Å². The lowest BCUT2D eigenvalue weighted by molar-refractivity contribution is -0.117. The van der Waals surface area contributed by atoms with Gasteiger partial charge in [0.25, 0.3) is 0 Å². The Bertz CT molecular complexity index is 233. The Labute approximate surface area is 82.6 Å². The number of allylic oxidation sites excluding steroid dienone is 2. The lowest BCUT2D eigenvalue weighted by atomic mass is 9.77. The lowest BCUT2D eigenvalue weighted by Gasteiger charge is -2.27. The Morgan fingerprint density at radius 3 is 2.00 bits per heavy atom. The van der Waals surface area contributed by atoms with E-state index in [4.69, 9.17) is 0 Å². The second-order valence-corrected chi connectivity index (χ2v) is 4.22. The average Bonchev–Trinajstić information content (AvgIpc) is 1.76. The molecule has 1 rings (SSSR count). The molecule has 0 atom stereocenters. The largest absolute Gasteiger partial charge is 0.762 e. The Kier molecular flexibility index (Phi) is 4.95. The highest BCUT2D eigenvalue weighted by Crippen LogP contribution is 2.32. The minimum absolute atomic E-state index is 0.204. The number of hydrogen-bond donors (Lipinski definition) is 0. The van der Waals surface area contributed by atoms with Crippen molar-refractivity contribution >= 4 is 13.3 Å². The Hall–Kier alpha value is -0.735. The third-order valence-electron chi connectivity index (χ3n) is 1.82. The first-order valence-electron chi connectivity index (χ1n) is 4.35. The van der Waals surface area contributed by atoms with Crippen LogP contribution in [0.4, 0.5) is 12.9 Å². The number of halogens is 3. The average molecular weight is 206 g/mol. The molecule has 0 fully saturated rings. The Morgan fingerprint density at radius 1 is 1.29 bits per heavy atom. The normalized spacial score (nSPS) is 19.3. The molecule has 0 bridgehead atoms. The van der Waals surface area contributed by atoms with Gasteiger partial charge in [-0.1, -0.05) is 19.4 Å². The van der Waals surface area contributed by atoms with Crippen LogP contribution in [0.25, 0.3) is 0 Å². The molecule has 1 aliphatic rings. The molecule has 0 radical (unpaired) electrons. The van der Waals surface area contributed by atoms with Crippen molar-refractivity contribution in [2.24, 2.45) is 5.41 Å². The van der Waals surface area contributed by atoms with E-state index in [2.05, 4.69) is 13.8 Å².